The summed E-state index contributed by atoms with van der Waals surface area (Å²) in [6, 6.07) is 19.3. The maximum atomic E-state index is 12.7. The molecule has 4 aromatic rings. The third kappa shape index (κ3) is 4.27. The molecule has 2 aromatic heterocycles. The van der Waals surface area contributed by atoms with Crippen LogP contribution in [0.3, 0.4) is 0 Å². The summed E-state index contributed by atoms with van der Waals surface area (Å²) in [5.74, 6) is 0.712. The Hall–Kier alpha value is -4.20. The zero-order valence-corrected chi connectivity index (χ0v) is 18.3. The van der Waals surface area contributed by atoms with Crippen molar-refractivity contribution >= 4 is 17.6 Å². The van der Waals surface area contributed by atoms with E-state index in [1.54, 1.807) is 23.2 Å². The lowest BCUT2D eigenvalue weighted by molar-refractivity contribution is -0.119. The van der Waals surface area contributed by atoms with Crippen LogP contribution in [0.4, 0.5) is 5.82 Å². The summed E-state index contributed by atoms with van der Waals surface area (Å²) in [6.07, 6.45) is 2.12. The number of carbonyl (C=O) groups excluding carboxylic acids is 2. The van der Waals surface area contributed by atoms with E-state index < -0.39 is 0 Å². The number of anilines is 1. The van der Waals surface area contributed by atoms with Gasteiger partial charge >= 0.3 is 0 Å². The second-order valence-electron chi connectivity index (χ2n) is 8.11. The Labute approximate surface area is 191 Å². The Morgan fingerprint density at radius 3 is 2.64 bits per heavy atom. The summed E-state index contributed by atoms with van der Waals surface area (Å²) < 4.78 is 1.89. The molecule has 0 saturated heterocycles. The largest absolute Gasteiger partial charge is 0.348 e. The van der Waals surface area contributed by atoms with E-state index in [1.165, 1.54) is 0 Å². The molecule has 0 spiro atoms. The first-order valence-corrected chi connectivity index (χ1v) is 10.9. The molecular weight excluding hydrogens is 416 g/mol. The number of aryl methyl sites for hydroxylation is 2. The van der Waals surface area contributed by atoms with Gasteiger partial charge in [0.1, 0.15) is 5.82 Å². The van der Waals surface area contributed by atoms with E-state index in [9.17, 15) is 9.59 Å². The minimum atomic E-state index is -0.151. The summed E-state index contributed by atoms with van der Waals surface area (Å²) >= 11 is 0. The van der Waals surface area contributed by atoms with Crippen LogP contribution < -0.4 is 10.2 Å². The van der Waals surface area contributed by atoms with Crippen molar-refractivity contribution in [1.29, 1.82) is 0 Å². The van der Waals surface area contributed by atoms with Gasteiger partial charge in [0.15, 0.2) is 0 Å². The normalized spacial score (nSPS) is 13.1. The molecule has 8 heteroatoms. The van der Waals surface area contributed by atoms with Crippen LogP contribution in [-0.2, 0) is 24.4 Å². The number of hydrogen-bond donors (Lipinski definition) is 2. The van der Waals surface area contributed by atoms with Crippen molar-refractivity contribution in [3.63, 3.8) is 0 Å². The number of hydrogen-bond acceptors (Lipinski definition) is 4. The minimum absolute atomic E-state index is 0.0688. The van der Waals surface area contributed by atoms with Gasteiger partial charge in [-0.15, -0.1) is 0 Å². The third-order valence-corrected chi connectivity index (χ3v) is 5.87. The Kier molecular flexibility index (Phi) is 5.48. The van der Waals surface area contributed by atoms with E-state index in [0.29, 0.717) is 31.6 Å². The monoisotopic (exact) mass is 440 g/mol. The van der Waals surface area contributed by atoms with Gasteiger partial charge in [0.25, 0.3) is 5.91 Å². The highest BCUT2D eigenvalue weighted by Crippen LogP contribution is 2.29. The highest BCUT2D eigenvalue weighted by atomic mass is 16.2. The summed E-state index contributed by atoms with van der Waals surface area (Å²) in [4.78, 5) is 27.0. The molecule has 1 aliphatic rings. The van der Waals surface area contributed by atoms with Crippen LogP contribution in [0.5, 0.6) is 0 Å². The fourth-order valence-electron chi connectivity index (χ4n) is 3.95. The smallest absolute Gasteiger partial charge is 0.251 e. The van der Waals surface area contributed by atoms with Crippen molar-refractivity contribution in [2.45, 2.75) is 33.0 Å². The summed E-state index contributed by atoms with van der Waals surface area (Å²) in [5.41, 5.74) is 5.28. The lowest BCUT2D eigenvalue weighted by Crippen LogP contribution is -2.36. The van der Waals surface area contributed by atoms with Crippen LogP contribution in [0.1, 0.15) is 33.6 Å². The molecule has 0 unspecified atom stereocenters. The topological polar surface area (TPSA) is 95.9 Å². The number of H-pyrrole nitrogens is 1. The highest BCUT2D eigenvalue weighted by Gasteiger charge is 2.26. The second-order valence-corrected chi connectivity index (χ2v) is 8.11. The number of nitrogens with zero attached hydrogens (tertiary/aromatic N) is 4. The molecule has 2 N–H and O–H groups in total. The van der Waals surface area contributed by atoms with Gasteiger partial charge in [-0.2, -0.15) is 10.2 Å². The fraction of sp³-hybridized carbons (Fsp3) is 0.200. The van der Waals surface area contributed by atoms with Gasteiger partial charge in [0.2, 0.25) is 5.91 Å². The van der Waals surface area contributed by atoms with E-state index >= 15 is 0 Å². The van der Waals surface area contributed by atoms with Gasteiger partial charge in [-0.05, 0) is 24.6 Å². The average molecular weight is 441 g/mol. The van der Waals surface area contributed by atoms with E-state index in [0.717, 1.165) is 33.9 Å². The molecule has 0 radical (unpaired) electrons. The summed E-state index contributed by atoms with van der Waals surface area (Å²) in [5, 5.41) is 14.4. The molecule has 0 atom stereocenters. The molecule has 2 amide bonds. The SMILES string of the molecule is Cc1[nH]ncc1CNC(=O)c1ccc(CN2C(=O)CCn3nc(-c4ccccc4)cc32)cc1. The highest BCUT2D eigenvalue weighted by molar-refractivity contribution is 5.95. The average Bonchev–Trinajstić information content (AvgIpc) is 3.46. The first kappa shape index (κ1) is 20.7. The van der Waals surface area contributed by atoms with Crippen LogP contribution >= 0.6 is 0 Å². The standard InChI is InChI=1S/C25H24N6O2/c1-17-21(15-27-28-17)14-26-25(33)20-9-7-18(8-10-20)16-30-23-13-22(19-5-3-2-4-6-19)29-31(23)12-11-24(30)32/h2-10,13,15H,11-12,14,16H2,1H3,(H,26,33)(H,27,28). The molecule has 3 heterocycles. The van der Waals surface area contributed by atoms with E-state index in [4.69, 9.17) is 5.10 Å². The van der Waals surface area contributed by atoms with Crippen LogP contribution in [0, 0.1) is 6.92 Å². The van der Waals surface area contributed by atoms with Gasteiger partial charge < -0.3 is 5.32 Å². The number of aromatic amines is 1. The molecule has 33 heavy (non-hydrogen) atoms. The molecule has 2 aromatic carbocycles. The van der Waals surface area contributed by atoms with Crippen LogP contribution in [0.15, 0.2) is 66.9 Å². The zero-order valence-electron chi connectivity index (χ0n) is 18.3. The third-order valence-electron chi connectivity index (χ3n) is 5.87. The first-order chi connectivity index (χ1) is 16.1. The Bertz CT molecular complexity index is 1290. The predicted molar refractivity (Wildman–Crippen MR) is 124 cm³/mol. The molecule has 0 bridgehead atoms. The molecule has 1 aliphatic heterocycles. The number of nitrogens with one attached hydrogen (secondary N) is 2. The maximum Gasteiger partial charge on any atom is 0.251 e. The maximum absolute atomic E-state index is 12.7. The lowest BCUT2D eigenvalue weighted by atomic mass is 10.1. The number of carbonyl (C=O) groups is 2. The van der Waals surface area contributed by atoms with Gasteiger partial charge in [0.05, 0.1) is 25.0 Å². The van der Waals surface area contributed by atoms with Gasteiger partial charge in [-0.3, -0.25) is 19.6 Å². The van der Waals surface area contributed by atoms with Gasteiger partial charge in [-0.1, -0.05) is 42.5 Å². The molecule has 5 rings (SSSR count). The van der Waals surface area contributed by atoms with E-state index in [2.05, 4.69) is 15.5 Å². The number of rotatable bonds is 6. The van der Waals surface area contributed by atoms with Crippen molar-refractivity contribution < 1.29 is 9.59 Å². The molecule has 0 aliphatic carbocycles. The number of aromatic nitrogens is 4. The zero-order chi connectivity index (χ0) is 22.8. The summed E-state index contributed by atoms with van der Waals surface area (Å²) in [7, 11) is 0. The Balaban J connectivity index is 1.29. The second kappa shape index (κ2) is 8.74. The van der Waals surface area contributed by atoms with E-state index in [1.807, 2.05) is 60.1 Å². The first-order valence-electron chi connectivity index (χ1n) is 10.9. The molecule has 166 valence electrons. The van der Waals surface area contributed by atoms with Gasteiger partial charge in [0, 0.05) is 41.4 Å². The Morgan fingerprint density at radius 2 is 1.91 bits per heavy atom. The van der Waals surface area contributed by atoms with Crippen molar-refractivity contribution in [3.8, 4) is 11.3 Å². The summed E-state index contributed by atoms with van der Waals surface area (Å²) in [6.45, 7) is 3.33. The number of amides is 2. The fourth-order valence-corrected chi connectivity index (χ4v) is 3.95. The van der Waals surface area contributed by atoms with Crippen molar-refractivity contribution in [1.82, 2.24) is 25.3 Å². The molecular formula is C25H24N6O2. The molecule has 0 fully saturated rings. The Morgan fingerprint density at radius 1 is 1.12 bits per heavy atom. The lowest BCUT2D eigenvalue weighted by Gasteiger charge is -2.27. The van der Waals surface area contributed by atoms with Crippen LogP contribution in [0.25, 0.3) is 11.3 Å². The van der Waals surface area contributed by atoms with Crippen molar-refractivity contribution in [3.05, 3.63) is 89.2 Å². The van der Waals surface area contributed by atoms with Crippen molar-refractivity contribution in [2.75, 3.05) is 4.90 Å². The van der Waals surface area contributed by atoms with Crippen molar-refractivity contribution in [2.24, 2.45) is 0 Å². The van der Waals surface area contributed by atoms with Gasteiger partial charge in [-0.25, -0.2) is 4.68 Å². The molecule has 8 nitrogen and oxygen atoms in total. The number of benzene rings is 2. The molecule has 0 saturated carbocycles. The van der Waals surface area contributed by atoms with Crippen LogP contribution in [0.2, 0.25) is 0 Å². The predicted octanol–water partition coefficient (Wildman–Crippen LogP) is 3.45. The quantitative estimate of drug-likeness (QED) is 0.480. The minimum Gasteiger partial charge on any atom is -0.348 e. The van der Waals surface area contributed by atoms with E-state index in [-0.39, 0.29) is 11.8 Å². The number of fused-ring (bicyclic) bond motifs is 1. The van der Waals surface area contributed by atoms with Crippen LogP contribution in [-0.4, -0.2) is 31.8 Å².